The zero-order chi connectivity index (χ0) is 21.8. The molecule has 0 saturated carbocycles. The van der Waals surface area contributed by atoms with Crippen molar-refractivity contribution in [1.82, 2.24) is 5.32 Å². The molecule has 0 aliphatic heterocycles. The number of nitro groups is 1. The lowest BCUT2D eigenvalue weighted by atomic mass is 9.99. The molecule has 0 spiro atoms. The Morgan fingerprint density at radius 2 is 1.77 bits per heavy atom. The fourth-order valence-electron chi connectivity index (χ4n) is 4.01. The number of hydrogen-bond acceptors (Lipinski definition) is 3. The van der Waals surface area contributed by atoms with Gasteiger partial charge >= 0.3 is 0 Å². The number of fused-ring (bicyclic) bond motifs is 1. The number of amides is 1. The van der Waals surface area contributed by atoms with E-state index in [0.29, 0.717) is 11.1 Å². The molecule has 5 heteroatoms. The van der Waals surface area contributed by atoms with Gasteiger partial charge in [-0.25, -0.2) is 0 Å². The Bertz CT molecular complexity index is 1150. The molecule has 1 atom stereocenters. The second-order valence-electron chi connectivity index (χ2n) is 7.85. The number of rotatable bonds is 6. The highest BCUT2D eigenvalue weighted by molar-refractivity contribution is 6.24. The normalized spacial score (nSPS) is 14.0. The summed E-state index contributed by atoms with van der Waals surface area (Å²) in [5.74, 6) is -0.217. The minimum atomic E-state index is -0.435. The van der Waals surface area contributed by atoms with Crippen LogP contribution in [0.3, 0.4) is 0 Å². The highest BCUT2D eigenvalue weighted by Crippen LogP contribution is 2.27. The molecule has 0 unspecified atom stereocenters. The van der Waals surface area contributed by atoms with Crippen molar-refractivity contribution in [3.63, 3.8) is 0 Å². The smallest absolute Gasteiger partial charge is 0.270 e. The fourth-order valence-corrected chi connectivity index (χ4v) is 4.01. The third-order valence-electron chi connectivity index (χ3n) is 5.69. The lowest BCUT2D eigenvalue weighted by molar-refractivity contribution is -0.384. The Morgan fingerprint density at radius 3 is 2.55 bits per heavy atom. The fraction of sp³-hybridized carbons (Fsp3) is 0.192. The average molecular weight is 412 g/mol. The van der Waals surface area contributed by atoms with Crippen molar-refractivity contribution in [3.8, 4) is 0 Å². The van der Waals surface area contributed by atoms with Crippen LogP contribution in [0.15, 0.2) is 72.8 Å². The van der Waals surface area contributed by atoms with Crippen LogP contribution in [0.25, 0.3) is 11.6 Å². The van der Waals surface area contributed by atoms with E-state index < -0.39 is 4.92 Å². The van der Waals surface area contributed by atoms with E-state index in [1.165, 1.54) is 29.7 Å². The third kappa shape index (κ3) is 4.72. The first-order valence-electron chi connectivity index (χ1n) is 10.5. The van der Waals surface area contributed by atoms with E-state index in [1.54, 1.807) is 18.2 Å². The van der Waals surface area contributed by atoms with Gasteiger partial charge in [-0.05, 0) is 60.1 Å². The van der Waals surface area contributed by atoms with Crippen molar-refractivity contribution in [2.24, 2.45) is 0 Å². The van der Waals surface area contributed by atoms with Gasteiger partial charge in [0.05, 0.1) is 11.0 Å². The molecule has 0 heterocycles. The first-order valence-corrected chi connectivity index (χ1v) is 10.5. The van der Waals surface area contributed by atoms with E-state index in [0.717, 1.165) is 24.0 Å². The zero-order valence-electron chi connectivity index (χ0n) is 17.4. The Kier molecular flexibility index (Phi) is 5.94. The highest BCUT2D eigenvalue weighted by Gasteiger charge is 2.18. The van der Waals surface area contributed by atoms with Crippen LogP contribution in [0.5, 0.6) is 0 Å². The third-order valence-corrected chi connectivity index (χ3v) is 5.69. The van der Waals surface area contributed by atoms with Gasteiger partial charge in [0.15, 0.2) is 0 Å². The first kappa shape index (κ1) is 20.5. The number of nitrogens with one attached hydrogen (secondary N) is 1. The summed E-state index contributed by atoms with van der Waals surface area (Å²) in [6, 6.07) is 21.9. The zero-order valence-corrected chi connectivity index (χ0v) is 17.4. The molecule has 156 valence electrons. The topological polar surface area (TPSA) is 72.2 Å². The van der Waals surface area contributed by atoms with Gasteiger partial charge in [-0.15, -0.1) is 0 Å². The van der Waals surface area contributed by atoms with E-state index in [1.807, 2.05) is 37.3 Å². The SMILES string of the molecule is C[C@H](NC(=O)/C(=C/c1cccc([N+](=O)[O-])c1)c1ccccc1)c1ccc2c(c1)CCC2. The monoisotopic (exact) mass is 412 g/mol. The second-order valence-corrected chi connectivity index (χ2v) is 7.85. The number of nitrogens with zero attached hydrogens (tertiary/aromatic N) is 1. The lowest BCUT2D eigenvalue weighted by Gasteiger charge is -2.17. The molecule has 1 aliphatic rings. The number of aryl methyl sites for hydroxylation is 2. The maximum absolute atomic E-state index is 13.3. The molecule has 0 saturated heterocycles. The van der Waals surface area contributed by atoms with E-state index >= 15 is 0 Å². The number of hydrogen-bond donors (Lipinski definition) is 1. The lowest BCUT2D eigenvalue weighted by Crippen LogP contribution is -2.27. The van der Waals surface area contributed by atoms with E-state index in [2.05, 4.69) is 23.5 Å². The summed E-state index contributed by atoms with van der Waals surface area (Å²) < 4.78 is 0. The summed E-state index contributed by atoms with van der Waals surface area (Å²) in [5, 5.41) is 14.2. The number of non-ortho nitro benzene ring substituents is 1. The highest BCUT2D eigenvalue weighted by atomic mass is 16.6. The molecular weight excluding hydrogens is 388 g/mol. The van der Waals surface area contributed by atoms with Gasteiger partial charge in [-0.3, -0.25) is 14.9 Å². The number of nitro benzene ring substituents is 1. The van der Waals surface area contributed by atoms with Gasteiger partial charge in [0.2, 0.25) is 0 Å². The molecular formula is C26H24N2O3. The van der Waals surface area contributed by atoms with Crippen molar-refractivity contribution in [2.45, 2.75) is 32.2 Å². The molecule has 1 aliphatic carbocycles. The molecule has 5 nitrogen and oxygen atoms in total. The van der Waals surface area contributed by atoms with Gasteiger partial charge in [-0.2, -0.15) is 0 Å². The molecule has 0 radical (unpaired) electrons. The van der Waals surface area contributed by atoms with Crippen LogP contribution in [0.1, 0.15) is 47.2 Å². The van der Waals surface area contributed by atoms with Gasteiger partial charge in [-0.1, -0.05) is 60.7 Å². The Labute approximate surface area is 181 Å². The van der Waals surface area contributed by atoms with E-state index in [4.69, 9.17) is 0 Å². The van der Waals surface area contributed by atoms with Gasteiger partial charge in [0.1, 0.15) is 0 Å². The van der Waals surface area contributed by atoms with Crippen LogP contribution in [-0.4, -0.2) is 10.8 Å². The summed E-state index contributed by atoms with van der Waals surface area (Å²) in [6.45, 7) is 1.98. The Balaban J connectivity index is 1.63. The van der Waals surface area contributed by atoms with Crippen LogP contribution >= 0.6 is 0 Å². The largest absolute Gasteiger partial charge is 0.345 e. The van der Waals surface area contributed by atoms with Gasteiger partial charge in [0, 0.05) is 17.7 Å². The molecule has 1 amide bonds. The van der Waals surface area contributed by atoms with Crippen molar-refractivity contribution in [3.05, 3.63) is 111 Å². The van der Waals surface area contributed by atoms with Gasteiger partial charge < -0.3 is 5.32 Å². The maximum atomic E-state index is 13.3. The number of carbonyl (C=O) groups is 1. The summed E-state index contributed by atoms with van der Waals surface area (Å²) >= 11 is 0. The average Bonchev–Trinajstić information content (AvgIpc) is 3.26. The molecule has 0 bridgehead atoms. The number of carbonyl (C=O) groups excluding carboxylic acids is 1. The van der Waals surface area contributed by atoms with Crippen LogP contribution in [0, 0.1) is 10.1 Å². The van der Waals surface area contributed by atoms with E-state index in [-0.39, 0.29) is 17.6 Å². The summed E-state index contributed by atoms with van der Waals surface area (Å²) in [7, 11) is 0. The van der Waals surface area contributed by atoms with Crippen LogP contribution < -0.4 is 5.32 Å². The Hall–Kier alpha value is -3.73. The predicted octanol–water partition coefficient (Wildman–Crippen LogP) is 5.50. The molecule has 4 rings (SSSR count). The summed E-state index contributed by atoms with van der Waals surface area (Å²) in [4.78, 5) is 24.0. The minimum Gasteiger partial charge on any atom is -0.345 e. The van der Waals surface area contributed by atoms with Crippen molar-refractivity contribution >= 4 is 23.2 Å². The van der Waals surface area contributed by atoms with Crippen LogP contribution in [0.4, 0.5) is 5.69 Å². The second kappa shape index (κ2) is 8.96. The quantitative estimate of drug-likeness (QED) is 0.251. The first-order chi connectivity index (χ1) is 15.0. The van der Waals surface area contributed by atoms with Crippen molar-refractivity contribution in [1.29, 1.82) is 0 Å². The molecule has 1 N–H and O–H groups in total. The van der Waals surface area contributed by atoms with Crippen molar-refractivity contribution in [2.75, 3.05) is 0 Å². The van der Waals surface area contributed by atoms with Crippen molar-refractivity contribution < 1.29 is 9.72 Å². The minimum absolute atomic E-state index is 0.00641. The molecule has 0 aromatic heterocycles. The summed E-state index contributed by atoms with van der Waals surface area (Å²) in [5.41, 5.74) is 5.67. The molecule has 3 aromatic carbocycles. The predicted molar refractivity (Wildman–Crippen MR) is 122 cm³/mol. The maximum Gasteiger partial charge on any atom is 0.270 e. The molecule has 31 heavy (non-hydrogen) atoms. The molecule has 0 fully saturated rings. The van der Waals surface area contributed by atoms with E-state index in [9.17, 15) is 14.9 Å². The van der Waals surface area contributed by atoms with Crippen LogP contribution in [-0.2, 0) is 17.6 Å². The summed E-state index contributed by atoms with van der Waals surface area (Å²) in [6.07, 6.45) is 5.10. The number of benzene rings is 3. The molecule has 3 aromatic rings. The Morgan fingerprint density at radius 1 is 1.00 bits per heavy atom. The van der Waals surface area contributed by atoms with Gasteiger partial charge in [0.25, 0.3) is 11.6 Å². The van der Waals surface area contributed by atoms with Crippen LogP contribution in [0.2, 0.25) is 0 Å². The standard InChI is InChI=1S/C26H24N2O3/c1-18(22-14-13-20-10-6-11-23(20)17-22)27-26(29)25(21-8-3-2-4-9-21)16-19-7-5-12-24(15-19)28(30)31/h2-5,7-9,12-18H,6,10-11H2,1H3,(H,27,29)/b25-16+/t18-/m0/s1.